The van der Waals surface area contributed by atoms with Crippen LogP contribution in [0, 0.1) is 0 Å². The number of carbonyl (C=O) groups is 1. The number of esters is 1. The van der Waals surface area contributed by atoms with Crippen LogP contribution >= 0.6 is 23.4 Å². The minimum atomic E-state index is -0.940. The van der Waals surface area contributed by atoms with Crippen LogP contribution in [0.4, 0.5) is 0 Å². The second-order valence-corrected chi connectivity index (χ2v) is 6.82. The van der Waals surface area contributed by atoms with Crippen molar-refractivity contribution >= 4 is 35.2 Å². The number of aliphatic imine (C=N–C) groups is 1. The minimum absolute atomic E-state index is 0.290. The number of rotatable bonds is 4. The van der Waals surface area contributed by atoms with Crippen molar-refractivity contribution in [2.75, 3.05) is 0 Å². The van der Waals surface area contributed by atoms with Gasteiger partial charge in [-0.3, -0.25) is 0 Å². The summed E-state index contributed by atoms with van der Waals surface area (Å²) in [7, 11) is 0. The van der Waals surface area contributed by atoms with Crippen LogP contribution in [0.25, 0.3) is 0 Å². The molecular formula is C17H14ClNO2S. The highest BCUT2D eigenvalue weighted by molar-refractivity contribution is 8.00. The van der Waals surface area contributed by atoms with E-state index in [-0.39, 0.29) is 5.97 Å². The first-order chi connectivity index (χ1) is 10.6. The summed E-state index contributed by atoms with van der Waals surface area (Å²) in [6, 6.07) is 17.2. The normalized spacial score (nSPS) is 20.6. The van der Waals surface area contributed by atoms with Crippen LogP contribution in [0.2, 0.25) is 5.02 Å². The molecule has 0 aliphatic carbocycles. The van der Waals surface area contributed by atoms with Crippen LogP contribution < -0.4 is 0 Å². The number of ether oxygens (including phenoxy) is 1. The van der Waals surface area contributed by atoms with Gasteiger partial charge in [-0.15, -0.1) is 11.8 Å². The molecule has 2 aromatic rings. The molecule has 3 rings (SSSR count). The zero-order valence-electron chi connectivity index (χ0n) is 12.0. The Morgan fingerprint density at radius 1 is 1.14 bits per heavy atom. The molecule has 0 unspecified atom stereocenters. The lowest BCUT2D eigenvalue weighted by molar-refractivity contribution is -0.135. The van der Waals surface area contributed by atoms with Crippen molar-refractivity contribution in [1.82, 2.24) is 0 Å². The van der Waals surface area contributed by atoms with E-state index in [0.717, 1.165) is 5.56 Å². The highest BCUT2D eigenvalue weighted by atomic mass is 35.5. The molecule has 1 aliphatic heterocycles. The first-order valence-corrected chi connectivity index (χ1v) is 8.20. The number of halogens is 1. The number of benzene rings is 2. The summed E-state index contributed by atoms with van der Waals surface area (Å²) in [6.07, 6.45) is 0. The molecule has 0 aromatic heterocycles. The van der Waals surface area contributed by atoms with Gasteiger partial charge in [0.2, 0.25) is 10.8 Å². The third kappa shape index (κ3) is 3.03. The van der Waals surface area contributed by atoms with E-state index in [1.54, 1.807) is 19.1 Å². The molecule has 0 spiro atoms. The van der Waals surface area contributed by atoms with E-state index in [4.69, 9.17) is 16.3 Å². The maximum Gasteiger partial charge on any atom is 0.351 e. The molecule has 0 bridgehead atoms. The Morgan fingerprint density at radius 3 is 2.55 bits per heavy atom. The fraction of sp³-hybridized carbons (Fsp3) is 0.176. The molecule has 0 amide bonds. The second kappa shape index (κ2) is 6.15. The molecule has 3 nitrogen and oxygen atoms in total. The number of carbonyl (C=O) groups excluding carboxylic acids is 1. The molecule has 1 aliphatic rings. The number of thioether (sulfide) groups is 1. The van der Waals surface area contributed by atoms with Gasteiger partial charge in [0.15, 0.2) is 0 Å². The Bertz CT molecular complexity index is 732. The highest BCUT2D eigenvalue weighted by Gasteiger charge is 2.42. The van der Waals surface area contributed by atoms with Gasteiger partial charge in [-0.1, -0.05) is 54.1 Å². The highest BCUT2D eigenvalue weighted by Crippen LogP contribution is 2.36. The molecule has 0 saturated heterocycles. The predicted octanol–water partition coefficient (Wildman–Crippen LogP) is 4.29. The van der Waals surface area contributed by atoms with Gasteiger partial charge in [-0.25, -0.2) is 9.79 Å². The quantitative estimate of drug-likeness (QED) is 0.784. The smallest absolute Gasteiger partial charge is 0.351 e. The van der Waals surface area contributed by atoms with Crippen LogP contribution in [0.15, 0.2) is 59.6 Å². The summed E-state index contributed by atoms with van der Waals surface area (Å²) in [5, 5.41) is 0.520. The average molecular weight is 332 g/mol. The zero-order valence-corrected chi connectivity index (χ0v) is 13.5. The molecular weight excluding hydrogens is 318 g/mol. The lowest BCUT2D eigenvalue weighted by atomic mass is 10.2. The van der Waals surface area contributed by atoms with E-state index in [1.807, 2.05) is 42.5 Å². The third-order valence-corrected chi connectivity index (χ3v) is 4.98. The fourth-order valence-corrected chi connectivity index (χ4v) is 3.25. The summed E-state index contributed by atoms with van der Waals surface area (Å²) < 4.78 is 5.34. The van der Waals surface area contributed by atoms with E-state index >= 15 is 0 Å². The van der Waals surface area contributed by atoms with Crippen LogP contribution in [0.1, 0.15) is 18.1 Å². The van der Waals surface area contributed by atoms with Gasteiger partial charge in [0.1, 0.15) is 0 Å². The average Bonchev–Trinajstić information content (AvgIpc) is 2.83. The standard InChI is InChI=1S/C17H14ClNO2S/c1-17(22-11-12-7-3-2-4-8-12)16(20)21-15(19-17)13-9-5-6-10-14(13)18/h2-10H,11H2,1H3/t17-/m1/s1. The Morgan fingerprint density at radius 2 is 1.82 bits per heavy atom. The zero-order chi connectivity index (χ0) is 15.6. The van der Waals surface area contributed by atoms with Crippen LogP contribution in [0.3, 0.4) is 0 Å². The van der Waals surface area contributed by atoms with Crippen molar-refractivity contribution in [2.24, 2.45) is 4.99 Å². The number of cyclic esters (lactones) is 1. The molecule has 0 fully saturated rings. The molecule has 1 atom stereocenters. The Balaban J connectivity index is 1.81. The first kappa shape index (κ1) is 15.1. The van der Waals surface area contributed by atoms with Gasteiger partial charge in [0.25, 0.3) is 0 Å². The number of hydrogen-bond acceptors (Lipinski definition) is 4. The van der Waals surface area contributed by atoms with Crippen molar-refractivity contribution < 1.29 is 9.53 Å². The van der Waals surface area contributed by atoms with Gasteiger partial charge < -0.3 is 4.74 Å². The van der Waals surface area contributed by atoms with E-state index in [2.05, 4.69) is 4.99 Å². The van der Waals surface area contributed by atoms with Crippen LogP contribution in [0.5, 0.6) is 0 Å². The topological polar surface area (TPSA) is 38.7 Å². The van der Waals surface area contributed by atoms with Gasteiger partial charge in [0, 0.05) is 5.75 Å². The summed E-state index contributed by atoms with van der Waals surface area (Å²) >= 11 is 7.59. The maximum absolute atomic E-state index is 12.2. The third-order valence-electron chi connectivity index (χ3n) is 3.35. The Labute approximate surface area is 138 Å². The van der Waals surface area contributed by atoms with Gasteiger partial charge in [0.05, 0.1) is 10.6 Å². The van der Waals surface area contributed by atoms with Crippen molar-refractivity contribution in [3.05, 3.63) is 70.7 Å². The summed E-state index contributed by atoms with van der Waals surface area (Å²) in [5.74, 6) is 0.619. The summed E-state index contributed by atoms with van der Waals surface area (Å²) in [5.41, 5.74) is 1.78. The predicted molar refractivity (Wildman–Crippen MR) is 90.2 cm³/mol. The molecule has 5 heteroatoms. The van der Waals surface area contributed by atoms with E-state index in [0.29, 0.717) is 22.2 Å². The SMILES string of the molecule is C[C@]1(SCc2ccccc2)N=C(c2ccccc2Cl)OC1=O. The second-order valence-electron chi connectivity index (χ2n) is 5.04. The molecule has 0 saturated carbocycles. The summed E-state index contributed by atoms with van der Waals surface area (Å²) in [4.78, 5) is 15.7. The largest absolute Gasteiger partial charge is 0.405 e. The molecule has 1 heterocycles. The molecule has 2 aromatic carbocycles. The van der Waals surface area contributed by atoms with E-state index < -0.39 is 4.87 Å². The van der Waals surface area contributed by atoms with Gasteiger partial charge >= 0.3 is 5.97 Å². The lowest BCUT2D eigenvalue weighted by Gasteiger charge is -2.15. The van der Waals surface area contributed by atoms with Gasteiger partial charge in [-0.05, 0) is 24.6 Å². The van der Waals surface area contributed by atoms with E-state index in [9.17, 15) is 4.79 Å². The van der Waals surface area contributed by atoms with Crippen LogP contribution in [-0.4, -0.2) is 16.7 Å². The molecule has 22 heavy (non-hydrogen) atoms. The Kier molecular flexibility index (Phi) is 4.23. The van der Waals surface area contributed by atoms with Crippen molar-refractivity contribution in [3.63, 3.8) is 0 Å². The fourth-order valence-electron chi connectivity index (χ4n) is 2.08. The van der Waals surface area contributed by atoms with E-state index in [1.165, 1.54) is 11.8 Å². The molecule has 112 valence electrons. The molecule has 0 N–H and O–H groups in total. The summed E-state index contributed by atoms with van der Waals surface area (Å²) in [6.45, 7) is 1.77. The lowest BCUT2D eigenvalue weighted by Crippen LogP contribution is -2.25. The van der Waals surface area contributed by atoms with Crippen LogP contribution in [-0.2, 0) is 15.3 Å². The first-order valence-electron chi connectivity index (χ1n) is 6.83. The number of hydrogen-bond donors (Lipinski definition) is 0. The van der Waals surface area contributed by atoms with Crippen molar-refractivity contribution in [3.8, 4) is 0 Å². The number of nitrogens with zero attached hydrogens (tertiary/aromatic N) is 1. The Hall–Kier alpha value is -1.78. The molecule has 0 radical (unpaired) electrons. The van der Waals surface area contributed by atoms with Crippen molar-refractivity contribution in [2.45, 2.75) is 17.5 Å². The van der Waals surface area contributed by atoms with Crippen molar-refractivity contribution in [1.29, 1.82) is 0 Å². The maximum atomic E-state index is 12.2. The minimum Gasteiger partial charge on any atom is -0.405 e. The monoisotopic (exact) mass is 331 g/mol. The van der Waals surface area contributed by atoms with Gasteiger partial charge in [-0.2, -0.15) is 0 Å².